The van der Waals surface area contributed by atoms with Gasteiger partial charge in [-0.3, -0.25) is 22.1 Å². The van der Waals surface area contributed by atoms with Gasteiger partial charge in [0.25, 0.3) is 0 Å². The van der Waals surface area contributed by atoms with Crippen LogP contribution in [0.3, 0.4) is 0 Å². The minimum atomic E-state index is -5.79. The molecule has 0 bridgehead atoms. The van der Waals surface area contributed by atoms with E-state index in [2.05, 4.69) is 17.9 Å². The molecule has 24 heteroatoms. The molecule has 5 atom stereocenters. The first-order valence-electron chi connectivity index (χ1n) is 10.1. The normalized spacial score (nSPS) is 22.7. The number of nitrogens with zero attached hydrogens (tertiary/aromatic N) is 1. The van der Waals surface area contributed by atoms with Gasteiger partial charge in [0.2, 0.25) is 43.0 Å². The topological polar surface area (TPSA) is 267 Å². The van der Waals surface area contributed by atoms with Crippen molar-refractivity contribution in [3.63, 3.8) is 0 Å². The number of anilines is 1. The van der Waals surface area contributed by atoms with E-state index in [4.69, 9.17) is 9.47 Å². The first-order valence-corrected chi connectivity index (χ1v) is 14.1. The van der Waals surface area contributed by atoms with Crippen LogP contribution in [0.4, 0.5) is 5.69 Å². The third-order valence-electron chi connectivity index (χ3n) is 4.76. The zero-order valence-electron chi connectivity index (χ0n) is 22.4. The molecule has 1 aliphatic rings. The van der Waals surface area contributed by atoms with Crippen molar-refractivity contribution in [2.45, 2.75) is 37.6 Å². The third kappa shape index (κ3) is 15.5. The zero-order chi connectivity index (χ0) is 28.9. The van der Waals surface area contributed by atoms with Gasteiger partial charge in [0.05, 0.1) is 0 Å². The van der Waals surface area contributed by atoms with Gasteiger partial charge in [-0.2, -0.15) is 0 Å². The molecule has 1 fully saturated rings. The Morgan fingerprint density at radius 3 is 1.76 bits per heavy atom. The Morgan fingerprint density at radius 1 is 0.854 bits per heavy atom. The Morgan fingerprint density at radius 2 is 1.32 bits per heavy atom. The van der Waals surface area contributed by atoms with Crippen LogP contribution in [-0.4, -0.2) is 102 Å². The smallest absolute Gasteiger partial charge is 0.726 e. The van der Waals surface area contributed by atoms with E-state index in [0.29, 0.717) is 5.69 Å². The molecule has 0 unspecified atom stereocenters. The zero-order valence-corrected chi connectivity index (χ0v) is 30.8. The summed E-state index contributed by atoms with van der Waals surface area (Å²) in [6.07, 6.45) is -11.4. The number of para-hydroxylation sites is 1. The Bertz CT molecular complexity index is 1320. The first kappa shape index (κ1) is 43.8. The van der Waals surface area contributed by atoms with Crippen molar-refractivity contribution in [2.24, 2.45) is 0 Å². The van der Waals surface area contributed by atoms with Crippen molar-refractivity contribution in [1.82, 2.24) is 5.32 Å². The van der Waals surface area contributed by atoms with Gasteiger partial charge in [-0.25, -0.2) is 25.3 Å². The molecular formula is C17H21N2Na3O16S3. The van der Waals surface area contributed by atoms with Crippen LogP contribution < -0.4 is 98.9 Å². The molecule has 2 rings (SSSR count). The van der Waals surface area contributed by atoms with Gasteiger partial charge in [0.1, 0.15) is 24.9 Å². The van der Waals surface area contributed by atoms with Crippen LogP contribution >= 0.6 is 0 Å². The Balaban J connectivity index is 0. The molecular weight excluding hydrogens is 653 g/mol. The van der Waals surface area contributed by atoms with Crippen LogP contribution in [0.1, 0.15) is 6.92 Å². The molecule has 1 heterocycles. The number of hydrogen-bond donors (Lipinski definition) is 1. The summed E-state index contributed by atoms with van der Waals surface area (Å²) in [6.45, 7) is -0.193. The van der Waals surface area contributed by atoms with Gasteiger partial charge in [-0.1, -0.05) is 18.2 Å². The van der Waals surface area contributed by atoms with Gasteiger partial charge in [-0.05, 0) is 12.1 Å². The fraction of sp³-hybridized carbons (Fsp3) is 0.529. The predicted octanol–water partition coefficient (Wildman–Crippen LogP) is -11.9. The SMILES string of the molecule is CO[C@H]1O[C@H](CNC(=O)CN(C(C)=O)c2ccccc2)[C@@H](OS(=O)(=O)[O-])[C@H](OS(=O)(=O)[O-])[C@@H]1OS(=O)(=O)[O-].[Na+].[Na+].[Na+]. The molecule has 216 valence electrons. The predicted molar refractivity (Wildman–Crippen MR) is 117 cm³/mol. The van der Waals surface area contributed by atoms with E-state index >= 15 is 0 Å². The van der Waals surface area contributed by atoms with Crippen molar-refractivity contribution in [3.05, 3.63) is 30.3 Å². The first-order chi connectivity index (χ1) is 17.4. The fourth-order valence-electron chi connectivity index (χ4n) is 3.38. The Labute approximate surface area is 302 Å². The largest absolute Gasteiger partial charge is 1.00 e. The number of hydrogen-bond acceptors (Lipinski definition) is 16. The summed E-state index contributed by atoms with van der Waals surface area (Å²) in [5.74, 6) is -1.41. The van der Waals surface area contributed by atoms with Crippen LogP contribution in [0.2, 0.25) is 0 Å². The van der Waals surface area contributed by atoms with E-state index < -0.39 is 86.8 Å². The summed E-state index contributed by atoms with van der Waals surface area (Å²) in [6, 6.07) is 7.91. The average molecular weight is 675 g/mol. The molecule has 0 radical (unpaired) electrons. The Hall–Kier alpha value is 0.690. The fourth-order valence-corrected chi connectivity index (χ4v) is 4.84. The molecule has 0 aromatic heterocycles. The molecule has 41 heavy (non-hydrogen) atoms. The summed E-state index contributed by atoms with van der Waals surface area (Å²) >= 11 is 0. The maximum Gasteiger partial charge on any atom is 1.00 e. The molecule has 0 saturated carbocycles. The van der Waals surface area contributed by atoms with Gasteiger partial charge in [-0.15, -0.1) is 0 Å². The summed E-state index contributed by atoms with van der Waals surface area (Å²) in [5, 5.41) is 2.22. The van der Waals surface area contributed by atoms with E-state index in [-0.39, 0.29) is 88.7 Å². The van der Waals surface area contributed by atoms with E-state index in [9.17, 15) is 48.5 Å². The van der Waals surface area contributed by atoms with Gasteiger partial charge in [0.15, 0.2) is 12.4 Å². The monoisotopic (exact) mass is 674 g/mol. The quantitative estimate of drug-likeness (QED) is 0.122. The second kappa shape index (κ2) is 18.6. The number of amides is 2. The minimum Gasteiger partial charge on any atom is -0.726 e. The van der Waals surface area contributed by atoms with E-state index in [1.165, 1.54) is 19.1 Å². The maximum absolute atomic E-state index is 12.5. The number of benzene rings is 1. The number of nitrogens with one attached hydrogen (secondary N) is 1. The summed E-state index contributed by atoms with van der Waals surface area (Å²) < 4.78 is 124. The van der Waals surface area contributed by atoms with Crippen molar-refractivity contribution >= 4 is 48.7 Å². The second-order valence-electron chi connectivity index (χ2n) is 7.43. The number of methoxy groups -OCH3 is 1. The van der Waals surface area contributed by atoms with E-state index in [0.717, 1.165) is 12.0 Å². The standard InChI is InChI=1S/C17H24N2O16S3.3Na/c1-10(20)19(11-6-4-3-5-7-11)9-13(21)18-8-12-14(33-36(22,23)24)15(34-37(25,26)27)16(17(31-2)32-12)35-38(28,29)30;;;/h3-7,12,14-17H,8-9H2,1-2H3,(H,18,21)(H,22,23,24)(H,25,26,27)(H,28,29,30);;;/q;3*+1/p-3/t12-,14-,15+,16+,17+;;;/m1.../s1. The van der Waals surface area contributed by atoms with Crippen molar-refractivity contribution in [2.75, 3.05) is 25.1 Å². The van der Waals surface area contributed by atoms with E-state index in [1.807, 2.05) is 0 Å². The van der Waals surface area contributed by atoms with Crippen LogP contribution in [0.15, 0.2) is 30.3 Å². The van der Waals surface area contributed by atoms with Crippen LogP contribution in [0.5, 0.6) is 0 Å². The van der Waals surface area contributed by atoms with Crippen molar-refractivity contribution < 1.29 is 159 Å². The molecule has 18 nitrogen and oxygen atoms in total. The molecule has 1 saturated heterocycles. The number of ether oxygens (including phenoxy) is 2. The summed E-state index contributed by atoms with van der Waals surface area (Å²) in [7, 11) is -16.4. The number of rotatable bonds is 12. The van der Waals surface area contributed by atoms with Gasteiger partial charge < -0.3 is 33.3 Å². The molecule has 0 aliphatic carbocycles. The van der Waals surface area contributed by atoms with Crippen molar-refractivity contribution in [1.29, 1.82) is 0 Å². The van der Waals surface area contributed by atoms with Crippen molar-refractivity contribution in [3.8, 4) is 0 Å². The number of carbonyl (C=O) groups excluding carboxylic acids is 2. The van der Waals surface area contributed by atoms with E-state index in [1.54, 1.807) is 18.2 Å². The van der Waals surface area contributed by atoms with Crippen LogP contribution in [-0.2, 0) is 62.8 Å². The average Bonchev–Trinajstić information content (AvgIpc) is 2.76. The maximum atomic E-state index is 12.5. The summed E-state index contributed by atoms with van der Waals surface area (Å²) in [4.78, 5) is 25.6. The molecule has 2 amide bonds. The van der Waals surface area contributed by atoms with Gasteiger partial charge >= 0.3 is 88.7 Å². The Kier molecular flexibility index (Phi) is 19.9. The molecule has 0 spiro atoms. The van der Waals surface area contributed by atoms with Gasteiger partial charge in [0, 0.05) is 26.3 Å². The second-order valence-corrected chi connectivity index (χ2v) is 10.5. The minimum absolute atomic E-state index is 0. The third-order valence-corrected chi connectivity index (χ3v) is 6.13. The van der Waals surface area contributed by atoms with Crippen LogP contribution in [0.25, 0.3) is 0 Å². The molecule has 1 aromatic carbocycles. The van der Waals surface area contributed by atoms with Crippen LogP contribution in [0, 0.1) is 0 Å². The molecule has 1 aromatic rings. The molecule has 1 aliphatic heterocycles. The number of carbonyl (C=O) groups is 2. The summed E-state index contributed by atoms with van der Waals surface area (Å²) in [5.41, 5.74) is 0.343. The molecule has 1 N–H and O–H groups in total.